The molecular formula is C11H17NO. The number of hydrogen-bond donors (Lipinski definition) is 2. The number of rotatable bonds is 3. The Bertz CT molecular complexity index is 253. The molecule has 0 spiro atoms. The van der Waals surface area contributed by atoms with Crippen molar-refractivity contribution in [1.29, 1.82) is 0 Å². The van der Waals surface area contributed by atoms with Crippen molar-refractivity contribution >= 4 is 0 Å². The third-order valence-corrected chi connectivity index (χ3v) is 2.21. The smallest absolute Gasteiger partial charge is 0.0912 e. The summed E-state index contributed by atoms with van der Waals surface area (Å²) in [6, 6.07) is 7.96. The lowest BCUT2D eigenvalue weighted by molar-refractivity contribution is 0.186. The van der Waals surface area contributed by atoms with Gasteiger partial charge in [-0.25, -0.2) is 0 Å². The van der Waals surface area contributed by atoms with Crippen LogP contribution >= 0.6 is 0 Å². The lowest BCUT2D eigenvalue weighted by Gasteiger charge is -2.10. The van der Waals surface area contributed by atoms with E-state index in [1.165, 1.54) is 5.56 Å². The van der Waals surface area contributed by atoms with Crippen LogP contribution in [0.4, 0.5) is 0 Å². The van der Waals surface area contributed by atoms with Gasteiger partial charge in [-0.2, -0.15) is 0 Å². The van der Waals surface area contributed by atoms with Crippen molar-refractivity contribution in [2.75, 3.05) is 6.54 Å². The van der Waals surface area contributed by atoms with Crippen LogP contribution in [0.15, 0.2) is 24.3 Å². The van der Waals surface area contributed by atoms with Crippen LogP contribution in [-0.2, 0) is 0 Å². The fourth-order valence-corrected chi connectivity index (χ4v) is 1.24. The molecule has 2 heteroatoms. The zero-order chi connectivity index (χ0) is 9.84. The van der Waals surface area contributed by atoms with Crippen LogP contribution in [0.5, 0.6) is 0 Å². The van der Waals surface area contributed by atoms with Crippen molar-refractivity contribution in [3.05, 3.63) is 35.4 Å². The van der Waals surface area contributed by atoms with E-state index in [-0.39, 0.29) is 6.54 Å². The first kappa shape index (κ1) is 10.2. The van der Waals surface area contributed by atoms with Gasteiger partial charge in [0, 0.05) is 6.54 Å². The monoisotopic (exact) mass is 179 g/mol. The number of aliphatic hydroxyl groups is 1. The average Bonchev–Trinajstić information content (AvgIpc) is 2.17. The second kappa shape index (κ2) is 4.40. The fraction of sp³-hybridized carbons (Fsp3) is 0.455. The Morgan fingerprint density at radius 1 is 1.15 bits per heavy atom. The van der Waals surface area contributed by atoms with E-state index in [9.17, 15) is 5.11 Å². The standard InChI is InChI=1S/C11H17NO/c1-8(2)9-3-5-10(6-4-9)11(13)7-12/h3-6,8,11,13H,7,12H2,1-2H3/t11-/m0/s1. The summed E-state index contributed by atoms with van der Waals surface area (Å²) in [6.07, 6.45) is -0.527. The average molecular weight is 179 g/mol. The van der Waals surface area contributed by atoms with Crippen molar-refractivity contribution in [3.8, 4) is 0 Å². The van der Waals surface area contributed by atoms with E-state index in [0.29, 0.717) is 5.92 Å². The van der Waals surface area contributed by atoms with Gasteiger partial charge in [-0.05, 0) is 17.0 Å². The second-order valence-electron chi connectivity index (χ2n) is 3.57. The molecule has 3 N–H and O–H groups in total. The largest absolute Gasteiger partial charge is 0.387 e. The van der Waals surface area contributed by atoms with E-state index < -0.39 is 6.10 Å². The highest BCUT2D eigenvalue weighted by Crippen LogP contribution is 2.17. The van der Waals surface area contributed by atoms with Crippen LogP contribution in [0, 0.1) is 0 Å². The third-order valence-electron chi connectivity index (χ3n) is 2.21. The molecule has 0 saturated heterocycles. The van der Waals surface area contributed by atoms with Gasteiger partial charge in [0.2, 0.25) is 0 Å². The summed E-state index contributed by atoms with van der Waals surface area (Å²) in [7, 11) is 0. The summed E-state index contributed by atoms with van der Waals surface area (Å²) in [6.45, 7) is 4.57. The molecule has 1 aromatic rings. The molecule has 0 aliphatic rings. The molecule has 0 aromatic heterocycles. The molecule has 0 heterocycles. The first-order valence-corrected chi connectivity index (χ1v) is 4.63. The van der Waals surface area contributed by atoms with Gasteiger partial charge in [0.1, 0.15) is 0 Å². The molecule has 1 rings (SSSR count). The highest BCUT2D eigenvalue weighted by atomic mass is 16.3. The van der Waals surface area contributed by atoms with Crippen LogP contribution in [0.1, 0.15) is 37.0 Å². The predicted octanol–water partition coefficient (Wildman–Crippen LogP) is 1.80. The van der Waals surface area contributed by atoms with E-state index in [1.807, 2.05) is 24.3 Å². The van der Waals surface area contributed by atoms with Crippen molar-refractivity contribution in [3.63, 3.8) is 0 Å². The lowest BCUT2D eigenvalue weighted by atomic mass is 10.00. The topological polar surface area (TPSA) is 46.2 Å². The Morgan fingerprint density at radius 3 is 2.00 bits per heavy atom. The number of benzene rings is 1. The maximum Gasteiger partial charge on any atom is 0.0912 e. The van der Waals surface area contributed by atoms with Gasteiger partial charge in [-0.1, -0.05) is 38.1 Å². The lowest BCUT2D eigenvalue weighted by Crippen LogP contribution is -2.11. The molecule has 0 radical (unpaired) electrons. The van der Waals surface area contributed by atoms with E-state index in [2.05, 4.69) is 13.8 Å². The Kier molecular flexibility index (Phi) is 3.46. The normalized spacial score (nSPS) is 13.3. The number of aliphatic hydroxyl groups excluding tert-OH is 1. The molecule has 0 aliphatic carbocycles. The minimum atomic E-state index is -0.527. The molecule has 0 aliphatic heterocycles. The highest BCUT2D eigenvalue weighted by molar-refractivity contribution is 5.26. The Hall–Kier alpha value is -0.860. The first-order chi connectivity index (χ1) is 6.15. The van der Waals surface area contributed by atoms with E-state index in [4.69, 9.17) is 5.73 Å². The van der Waals surface area contributed by atoms with Gasteiger partial charge in [-0.15, -0.1) is 0 Å². The molecule has 0 bridgehead atoms. The van der Waals surface area contributed by atoms with Gasteiger partial charge in [0.05, 0.1) is 6.10 Å². The Morgan fingerprint density at radius 2 is 1.62 bits per heavy atom. The molecule has 13 heavy (non-hydrogen) atoms. The molecule has 0 unspecified atom stereocenters. The van der Waals surface area contributed by atoms with E-state index in [0.717, 1.165) is 5.56 Å². The zero-order valence-corrected chi connectivity index (χ0v) is 8.20. The van der Waals surface area contributed by atoms with Crippen molar-refractivity contribution < 1.29 is 5.11 Å². The minimum absolute atomic E-state index is 0.279. The van der Waals surface area contributed by atoms with Gasteiger partial charge in [0.15, 0.2) is 0 Å². The molecule has 72 valence electrons. The summed E-state index contributed by atoms with van der Waals surface area (Å²) in [5.41, 5.74) is 7.53. The molecule has 0 saturated carbocycles. The minimum Gasteiger partial charge on any atom is -0.387 e. The number of hydrogen-bond acceptors (Lipinski definition) is 2. The Balaban J connectivity index is 2.81. The van der Waals surface area contributed by atoms with Gasteiger partial charge < -0.3 is 10.8 Å². The summed E-state index contributed by atoms with van der Waals surface area (Å²) in [4.78, 5) is 0. The maximum absolute atomic E-state index is 9.43. The van der Waals surface area contributed by atoms with Gasteiger partial charge in [0.25, 0.3) is 0 Å². The molecular weight excluding hydrogens is 162 g/mol. The zero-order valence-electron chi connectivity index (χ0n) is 8.20. The third kappa shape index (κ3) is 2.54. The van der Waals surface area contributed by atoms with E-state index in [1.54, 1.807) is 0 Å². The highest BCUT2D eigenvalue weighted by Gasteiger charge is 2.05. The van der Waals surface area contributed by atoms with Crippen LogP contribution in [0.25, 0.3) is 0 Å². The van der Waals surface area contributed by atoms with Crippen LogP contribution in [0.3, 0.4) is 0 Å². The summed E-state index contributed by atoms with van der Waals surface area (Å²) in [5, 5.41) is 9.43. The molecule has 2 nitrogen and oxygen atoms in total. The van der Waals surface area contributed by atoms with Crippen molar-refractivity contribution in [2.24, 2.45) is 5.73 Å². The van der Waals surface area contributed by atoms with Crippen LogP contribution in [0.2, 0.25) is 0 Å². The quantitative estimate of drug-likeness (QED) is 0.743. The summed E-state index contributed by atoms with van der Waals surface area (Å²) >= 11 is 0. The first-order valence-electron chi connectivity index (χ1n) is 4.63. The van der Waals surface area contributed by atoms with Crippen LogP contribution in [-0.4, -0.2) is 11.7 Å². The summed E-state index contributed by atoms with van der Waals surface area (Å²) < 4.78 is 0. The van der Waals surface area contributed by atoms with Crippen LogP contribution < -0.4 is 5.73 Å². The predicted molar refractivity (Wildman–Crippen MR) is 54.5 cm³/mol. The van der Waals surface area contributed by atoms with Crippen molar-refractivity contribution in [1.82, 2.24) is 0 Å². The summed E-state index contributed by atoms with van der Waals surface area (Å²) in [5.74, 6) is 0.532. The second-order valence-corrected chi connectivity index (χ2v) is 3.57. The molecule has 0 fully saturated rings. The SMILES string of the molecule is CC(C)c1ccc([C@@H](O)CN)cc1. The fourth-order valence-electron chi connectivity index (χ4n) is 1.24. The molecule has 1 aromatic carbocycles. The van der Waals surface area contributed by atoms with Gasteiger partial charge >= 0.3 is 0 Å². The van der Waals surface area contributed by atoms with E-state index >= 15 is 0 Å². The van der Waals surface area contributed by atoms with Crippen molar-refractivity contribution in [2.45, 2.75) is 25.9 Å². The molecule has 0 amide bonds. The Labute approximate surface area is 79.4 Å². The molecule has 1 atom stereocenters. The maximum atomic E-state index is 9.43. The number of nitrogens with two attached hydrogens (primary N) is 1. The van der Waals surface area contributed by atoms with Gasteiger partial charge in [-0.3, -0.25) is 0 Å².